The van der Waals surface area contributed by atoms with Gasteiger partial charge in [0.25, 0.3) is 0 Å². The molecule has 0 aliphatic carbocycles. The third-order valence-electron chi connectivity index (χ3n) is 2.85. The second kappa shape index (κ2) is 6.52. The molecule has 0 bridgehead atoms. The van der Waals surface area contributed by atoms with E-state index in [2.05, 4.69) is 58.2 Å². The van der Waals surface area contributed by atoms with Crippen molar-refractivity contribution in [2.45, 2.75) is 33.2 Å². The number of nitrogens with zero attached hydrogens (tertiary/aromatic N) is 2. The van der Waals surface area contributed by atoms with Crippen molar-refractivity contribution < 1.29 is 0 Å². The first kappa shape index (κ1) is 13.8. The SMILES string of the molecule is CCNc1cc(NC(C)c2ccsc2)nc(CC)n1. The lowest BCUT2D eigenvalue weighted by Crippen LogP contribution is -2.10. The lowest BCUT2D eigenvalue weighted by atomic mass is 10.2. The molecule has 0 fully saturated rings. The van der Waals surface area contributed by atoms with E-state index in [4.69, 9.17) is 0 Å². The fourth-order valence-corrected chi connectivity index (χ4v) is 2.58. The molecule has 5 heteroatoms. The zero-order valence-corrected chi connectivity index (χ0v) is 12.4. The molecule has 1 atom stereocenters. The van der Waals surface area contributed by atoms with Crippen molar-refractivity contribution in [3.05, 3.63) is 34.3 Å². The fourth-order valence-electron chi connectivity index (χ4n) is 1.83. The van der Waals surface area contributed by atoms with E-state index in [1.165, 1.54) is 5.56 Å². The third kappa shape index (κ3) is 3.67. The Morgan fingerprint density at radius 2 is 2.05 bits per heavy atom. The molecule has 0 aromatic carbocycles. The van der Waals surface area contributed by atoms with Crippen molar-refractivity contribution in [1.29, 1.82) is 0 Å². The molecule has 2 aromatic heterocycles. The molecular weight excluding hydrogens is 256 g/mol. The Labute approximate surface area is 118 Å². The van der Waals surface area contributed by atoms with Crippen LogP contribution < -0.4 is 10.6 Å². The highest BCUT2D eigenvalue weighted by atomic mass is 32.1. The molecule has 0 amide bonds. The van der Waals surface area contributed by atoms with Crippen molar-refractivity contribution >= 4 is 23.0 Å². The van der Waals surface area contributed by atoms with E-state index in [0.29, 0.717) is 0 Å². The van der Waals surface area contributed by atoms with Gasteiger partial charge in [-0.05, 0) is 36.2 Å². The van der Waals surface area contributed by atoms with Gasteiger partial charge in [0.05, 0.1) is 6.04 Å². The minimum absolute atomic E-state index is 0.250. The molecule has 19 heavy (non-hydrogen) atoms. The summed E-state index contributed by atoms with van der Waals surface area (Å²) >= 11 is 1.71. The first-order chi connectivity index (χ1) is 9.22. The predicted molar refractivity (Wildman–Crippen MR) is 81.9 cm³/mol. The molecule has 0 aliphatic heterocycles. The summed E-state index contributed by atoms with van der Waals surface area (Å²) in [6.07, 6.45) is 0.834. The van der Waals surface area contributed by atoms with Crippen LogP contribution in [-0.2, 0) is 6.42 Å². The van der Waals surface area contributed by atoms with Crippen molar-refractivity contribution in [2.75, 3.05) is 17.2 Å². The van der Waals surface area contributed by atoms with Gasteiger partial charge in [-0.1, -0.05) is 6.92 Å². The molecule has 0 spiro atoms. The van der Waals surface area contributed by atoms with Crippen molar-refractivity contribution in [3.63, 3.8) is 0 Å². The van der Waals surface area contributed by atoms with Gasteiger partial charge in [-0.25, -0.2) is 9.97 Å². The average Bonchev–Trinajstić information content (AvgIpc) is 2.92. The number of nitrogens with one attached hydrogen (secondary N) is 2. The summed E-state index contributed by atoms with van der Waals surface area (Å²) in [5.41, 5.74) is 1.28. The van der Waals surface area contributed by atoms with Crippen molar-refractivity contribution in [1.82, 2.24) is 9.97 Å². The van der Waals surface area contributed by atoms with Gasteiger partial charge in [0.1, 0.15) is 17.5 Å². The minimum Gasteiger partial charge on any atom is -0.370 e. The fraction of sp³-hybridized carbons (Fsp3) is 0.429. The average molecular weight is 276 g/mol. The highest BCUT2D eigenvalue weighted by molar-refractivity contribution is 7.07. The van der Waals surface area contributed by atoms with E-state index in [9.17, 15) is 0 Å². The number of anilines is 2. The number of aryl methyl sites for hydroxylation is 1. The van der Waals surface area contributed by atoms with Crippen LogP contribution in [0.25, 0.3) is 0 Å². The Morgan fingerprint density at radius 1 is 1.26 bits per heavy atom. The van der Waals surface area contributed by atoms with E-state index in [1.807, 2.05) is 6.07 Å². The van der Waals surface area contributed by atoms with E-state index in [0.717, 1.165) is 30.4 Å². The Bertz CT molecular complexity index is 510. The quantitative estimate of drug-likeness (QED) is 0.844. The third-order valence-corrected chi connectivity index (χ3v) is 3.56. The summed E-state index contributed by atoms with van der Waals surface area (Å²) in [5.74, 6) is 2.62. The molecule has 0 radical (unpaired) electrons. The van der Waals surface area contributed by atoms with Crippen molar-refractivity contribution in [2.24, 2.45) is 0 Å². The first-order valence-electron chi connectivity index (χ1n) is 6.63. The Hall–Kier alpha value is -1.62. The van der Waals surface area contributed by atoms with Crippen molar-refractivity contribution in [3.8, 4) is 0 Å². The topological polar surface area (TPSA) is 49.8 Å². The molecule has 2 N–H and O–H groups in total. The van der Waals surface area contributed by atoms with Gasteiger partial charge >= 0.3 is 0 Å². The van der Waals surface area contributed by atoms with Gasteiger partial charge in [-0.2, -0.15) is 11.3 Å². The highest BCUT2D eigenvalue weighted by Crippen LogP contribution is 2.21. The zero-order valence-electron chi connectivity index (χ0n) is 11.6. The first-order valence-corrected chi connectivity index (χ1v) is 7.57. The van der Waals surface area contributed by atoms with E-state index in [-0.39, 0.29) is 6.04 Å². The summed E-state index contributed by atoms with van der Waals surface area (Å²) in [5, 5.41) is 10.9. The summed E-state index contributed by atoms with van der Waals surface area (Å²) < 4.78 is 0. The molecule has 0 aliphatic rings. The van der Waals surface area contributed by atoms with Gasteiger partial charge in [-0.3, -0.25) is 0 Å². The molecular formula is C14H20N4S. The van der Waals surface area contributed by atoms with Gasteiger partial charge in [0.2, 0.25) is 0 Å². The highest BCUT2D eigenvalue weighted by Gasteiger charge is 2.08. The second-order valence-corrected chi connectivity index (χ2v) is 5.14. The monoisotopic (exact) mass is 276 g/mol. The molecule has 0 saturated carbocycles. The smallest absolute Gasteiger partial charge is 0.132 e. The van der Waals surface area contributed by atoms with Gasteiger partial charge in [-0.15, -0.1) is 0 Å². The maximum absolute atomic E-state index is 4.53. The van der Waals surface area contributed by atoms with Crippen LogP contribution in [0.5, 0.6) is 0 Å². The van der Waals surface area contributed by atoms with E-state index in [1.54, 1.807) is 11.3 Å². The van der Waals surface area contributed by atoms with Crippen LogP contribution in [0.2, 0.25) is 0 Å². The van der Waals surface area contributed by atoms with Gasteiger partial charge in [0.15, 0.2) is 0 Å². The number of rotatable bonds is 6. The van der Waals surface area contributed by atoms with Crippen LogP contribution in [0.15, 0.2) is 22.9 Å². The maximum atomic E-state index is 4.53. The molecule has 4 nitrogen and oxygen atoms in total. The van der Waals surface area contributed by atoms with E-state index >= 15 is 0 Å². The maximum Gasteiger partial charge on any atom is 0.132 e. The normalized spacial score (nSPS) is 12.2. The second-order valence-electron chi connectivity index (χ2n) is 4.36. The molecule has 102 valence electrons. The van der Waals surface area contributed by atoms with Crippen LogP contribution in [0.4, 0.5) is 11.6 Å². The lowest BCUT2D eigenvalue weighted by molar-refractivity contribution is 0.860. The Kier molecular flexibility index (Phi) is 4.74. The molecule has 0 saturated heterocycles. The van der Waals surface area contributed by atoms with Crippen LogP contribution in [0, 0.1) is 0 Å². The molecule has 2 heterocycles. The zero-order chi connectivity index (χ0) is 13.7. The summed E-state index contributed by atoms with van der Waals surface area (Å²) in [6.45, 7) is 7.13. The Balaban J connectivity index is 2.16. The molecule has 2 rings (SSSR count). The number of hydrogen-bond acceptors (Lipinski definition) is 5. The van der Waals surface area contributed by atoms with E-state index < -0.39 is 0 Å². The summed E-state index contributed by atoms with van der Waals surface area (Å²) in [7, 11) is 0. The van der Waals surface area contributed by atoms with Crippen LogP contribution in [-0.4, -0.2) is 16.5 Å². The number of aromatic nitrogens is 2. The minimum atomic E-state index is 0.250. The number of hydrogen-bond donors (Lipinski definition) is 2. The van der Waals surface area contributed by atoms with Crippen LogP contribution in [0.3, 0.4) is 0 Å². The summed E-state index contributed by atoms with van der Waals surface area (Å²) in [4.78, 5) is 8.98. The van der Waals surface area contributed by atoms with Gasteiger partial charge in [0, 0.05) is 19.0 Å². The number of thiophene rings is 1. The lowest BCUT2D eigenvalue weighted by Gasteiger charge is -2.15. The van der Waals surface area contributed by atoms with Crippen LogP contribution in [0.1, 0.15) is 38.2 Å². The largest absolute Gasteiger partial charge is 0.370 e. The van der Waals surface area contributed by atoms with Gasteiger partial charge < -0.3 is 10.6 Å². The summed E-state index contributed by atoms with van der Waals surface area (Å²) in [6, 6.07) is 4.35. The molecule has 2 aromatic rings. The Morgan fingerprint density at radius 3 is 2.68 bits per heavy atom. The predicted octanol–water partition coefficient (Wildman–Crippen LogP) is 3.71. The molecule has 1 unspecified atom stereocenters. The standard InChI is InChI=1S/C14H20N4S/c1-4-12-17-13(15-5-2)8-14(18-12)16-10(3)11-6-7-19-9-11/h6-10H,4-5H2,1-3H3,(H2,15,16,17,18). The van der Waals surface area contributed by atoms with Crippen LogP contribution >= 0.6 is 11.3 Å².